The molecule has 3 rings (SSSR count). The fourth-order valence-corrected chi connectivity index (χ4v) is 4.45. The molecule has 0 heterocycles. The van der Waals surface area contributed by atoms with Crippen molar-refractivity contribution in [2.75, 3.05) is 6.54 Å². The van der Waals surface area contributed by atoms with E-state index in [2.05, 4.69) is 20.9 Å². The van der Waals surface area contributed by atoms with Crippen LogP contribution < -0.4 is 27.1 Å². The van der Waals surface area contributed by atoms with Crippen molar-refractivity contribution < 1.29 is 34.1 Å². The second-order valence-corrected chi connectivity index (χ2v) is 10.4. The number of nitro groups is 1. The number of hydrazine groups is 1. The second-order valence-electron chi connectivity index (χ2n) is 10.4. The van der Waals surface area contributed by atoms with E-state index in [4.69, 9.17) is 10.5 Å². The molecule has 0 fully saturated rings. The molecule has 3 aromatic rings. The molecule has 15 heteroatoms. The summed E-state index contributed by atoms with van der Waals surface area (Å²) in [6, 6.07) is 23.1. The zero-order chi connectivity index (χ0) is 34.0. The summed E-state index contributed by atoms with van der Waals surface area (Å²) in [6.45, 7) is -0.0597. The monoisotopic (exact) mass is 647 g/mol. The number of carbonyl (C=O) groups excluding carboxylic acids is 3. The molecule has 0 spiro atoms. The van der Waals surface area contributed by atoms with Gasteiger partial charge in [-0.25, -0.2) is 24.7 Å². The number of nitrogens with one attached hydrogen (secondary N) is 4. The molecule has 0 unspecified atom stereocenters. The molecule has 0 aliphatic rings. The highest BCUT2D eigenvalue weighted by Crippen LogP contribution is 2.09. The van der Waals surface area contributed by atoms with Gasteiger partial charge in [0.05, 0.1) is 0 Å². The summed E-state index contributed by atoms with van der Waals surface area (Å²) < 4.78 is 5.33. The first kappa shape index (κ1) is 35.5. The van der Waals surface area contributed by atoms with Crippen LogP contribution in [0.5, 0.6) is 0 Å². The molecule has 0 saturated heterocycles. The highest BCUT2D eigenvalue weighted by Gasteiger charge is 2.30. The van der Waals surface area contributed by atoms with Gasteiger partial charge in [0.15, 0.2) is 5.03 Å². The van der Waals surface area contributed by atoms with Crippen molar-refractivity contribution in [3.8, 4) is 0 Å². The van der Waals surface area contributed by atoms with Gasteiger partial charge in [0, 0.05) is 19.4 Å². The van der Waals surface area contributed by atoms with Crippen LogP contribution in [0.4, 0.5) is 4.79 Å². The van der Waals surface area contributed by atoms with Gasteiger partial charge >= 0.3 is 12.1 Å². The number of aliphatic carboxylic acids is 1. The summed E-state index contributed by atoms with van der Waals surface area (Å²) in [5.74, 6) is -3.22. The topological polar surface area (TPSA) is 227 Å². The molecule has 0 saturated carbocycles. The first-order chi connectivity index (χ1) is 22.6. The van der Waals surface area contributed by atoms with Crippen molar-refractivity contribution in [2.24, 2.45) is 10.7 Å². The average molecular weight is 648 g/mol. The summed E-state index contributed by atoms with van der Waals surface area (Å²) in [5.41, 5.74) is 9.24. The molecule has 0 aliphatic carbocycles. The van der Waals surface area contributed by atoms with Crippen LogP contribution in [0.1, 0.15) is 29.5 Å². The van der Waals surface area contributed by atoms with E-state index >= 15 is 0 Å². The van der Waals surface area contributed by atoms with Crippen LogP contribution in [-0.4, -0.2) is 64.6 Å². The summed E-state index contributed by atoms with van der Waals surface area (Å²) in [5, 5.41) is 27.1. The number of carboxylic acid groups (broad SMARTS) is 1. The van der Waals surface area contributed by atoms with Crippen molar-refractivity contribution in [2.45, 2.75) is 50.4 Å². The Hall–Kier alpha value is -5.99. The van der Waals surface area contributed by atoms with Gasteiger partial charge in [-0.15, -0.1) is 0 Å². The lowest BCUT2D eigenvalue weighted by atomic mass is 10.0. The average Bonchev–Trinajstić information content (AvgIpc) is 3.05. The van der Waals surface area contributed by atoms with Gasteiger partial charge in [-0.2, -0.15) is 0 Å². The first-order valence-electron chi connectivity index (χ1n) is 14.7. The maximum atomic E-state index is 13.7. The number of guanidine groups is 1. The number of aliphatic imine (C=N–C) groups is 1. The molecule has 3 aromatic carbocycles. The number of alkyl carbamates (subject to hydrolysis) is 1. The predicted molar refractivity (Wildman–Crippen MR) is 171 cm³/mol. The molecular weight excluding hydrogens is 610 g/mol. The maximum absolute atomic E-state index is 13.7. The van der Waals surface area contributed by atoms with E-state index in [9.17, 15) is 34.4 Å². The van der Waals surface area contributed by atoms with E-state index in [0.29, 0.717) is 5.56 Å². The molecule has 0 bridgehead atoms. The number of nitrogens with zero attached hydrogens (tertiary/aromatic N) is 2. The number of carbonyl (C=O) groups is 4. The molecule has 47 heavy (non-hydrogen) atoms. The summed E-state index contributed by atoms with van der Waals surface area (Å²) in [6.07, 6.45) is -0.681. The zero-order valence-electron chi connectivity index (χ0n) is 25.4. The molecule has 0 aromatic heterocycles. The third-order valence-corrected chi connectivity index (χ3v) is 6.77. The lowest BCUT2D eigenvalue weighted by Gasteiger charge is -2.25. The number of ether oxygens (including phenoxy) is 1. The van der Waals surface area contributed by atoms with E-state index < -0.39 is 53.0 Å². The Bertz CT molecular complexity index is 1510. The van der Waals surface area contributed by atoms with Gasteiger partial charge in [0.1, 0.15) is 24.7 Å². The smallest absolute Gasteiger partial charge is 0.408 e. The van der Waals surface area contributed by atoms with Gasteiger partial charge in [0.2, 0.25) is 11.8 Å². The molecular formula is C32H37N7O8. The van der Waals surface area contributed by atoms with Gasteiger partial charge in [-0.1, -0.05) is 96.4 Å². The van der Waals surface area contributed by atoms with E-state index in [0.717, 1.165) is 11.1 Å². The van der Waals surface area contributed by atoms with Crippen LogP contribution in [-0.2, 0) is 38.6 Å². The first-order valence-corrected chi connectivity index (χ1v) is 14.7. The van der Waals surface area contributed by atoms with Crippen LogP contribution in [0.3, 0.4) is 0 Å². The minimum Gasteiger partial charge on any atom is -0.480 e. The molecule has 15 nitrogen and oxygen atoms in total. The van der Waals surface area contributed by atoms with Gasteiger partial charge in [0.25, 0.3) is 5.96 Å². The van der Waals surface area contributed by atoms with Crippen LogP contribution in [0.15, 0.2) is 96.0 Å². The molecule has 7 N–H and O–H groups in total. The lowest BCUT2D eigenvalue weighted by molar-refractivity contribution is -0.525. The Morgan fingerprint density at radius 1 is 0.766 bits per heavy atom. The van der Waals surface area contributed by atoms with Crippen molar-refractivity contribution in [3.05, 3.63) is 118 Å². The van der Waals surface area contributed by atoms with Gasteiger partial charge in [-0.3, -0.25) is 9.59 Å². The van der Waals surface area contributed by atoms with E-state index in [-0.39, 0.29) is 38.8 Å². The van der Waals surface area contributed by atoms with Gasteiger partial charge in [-0.05, 0) is 29.5 Å². The van der Waals surface area contributed by atoms with Crippen molar-refractivity contribution >= 4 is 29.8 Å². The Labute approximate surface area is 270 Å². The Morgan fingerprint density at radius 2 is 1.23 bits per heavy atom. The predicted octanol–water partition coefficient (Wildman–Crippen LogP) is 1.70. The zero-order valence-corrected chi connectivity index (χ0v) is 25.4. The number of amides is 3. The molecule has 248 valence electrons. The third kappa shape index (κ3) is 13.3. The fraction of sp³-hybridized carbons (Fsp3) is 0.281. The standard InChI is InChI=1S/C32H37N7O8/c33-31(38-39(45)46)34-18-10-17-25(30(42)43)35-28(40)26(19-22-11-4-1-5-12-22)36-29(41)27(20-23-13-6-2-7-14-23)37-32(44)47-21-24-15-8-3-9-16-24/h1-9,11-16,25-27H,10,17-21H2,(H,35,40)(H,36,41)(H,37,44)(H,42,43)(H3,33,34,38)/t25-,26-,27+/m1/s1. The molecule has 0 aliphatic heterocycles. The molecule has 0 radical (unpaired) electrons. The van der Waals surface area contributed by atoms with E-state index in [1.165, 1.54) is 0 Å². The van der Waals surface area contributed by atoms with Crippen molar-refractivity contribution in [3.63, 3.8) is 0 Å². The lowest BCUT2D eigenvalue weighted by Crippen LogP contribution is -2.57. The Balaban J connectivity index is 1.74. The highest BCUT2D eigenvalue weighted by atomic mass is 16.7. The van der Waals surface area contributed by atoms with Crippen LogP contribution in [0, 0.1) is 10.1 Å². The Kier molecular flexibility index (Phi) is 14.1. The second kappa shape index (κ2) is 18.7. The van der Waals surface area contributed by atoms with E-state index in [1.54, 1.807) is 84.3 Å². The number of benzene rings is 3. The Morgan fingerprint density at radius 3 is 1.72 bits per heavy atom. The number of nitrogens with two attached hydrogens (primary N) is 1. The minimum absolute atomic E-state index is 0.0217. The highest BCUT2D eigenvalue weighted by molar-refractivity contribution is 5.93. The molecule has 3 amide bonds. The fourth-order valence-electron chi connectivity index (χ4n) is 4.45. The summed E-state index contributed by atoms with van der Waals surface area (Å²) >= 11 is 0. The van der Waals surface area contributed by atoms with Crippen LogP contribution in [0.25, 0.3) is 0 Å². The number of rotatable bonds is 17. The van der Waals surface area contributed by atoms with E-state index in [1.807, 2.05) is 12.1 Å². The SMILES string of the molecule is NC(=NCCC[C@@H](NC(=O)[C@@H](Cc1ccccc1)NC(=O)[C@H](Cc1ccccc1)NC(=O)OCc1ccccc1)C(=O)O)N[N+](=O)[O-]. The number of hydrogen-bond acceptors (Lipinski definition) is 8. The maximum Gasteiger partial charge on any atom is 0.408 e. The third-order valence-electron chi connectivity index (χ3n) is 6.77. The normalized spacial score (nSPS) is 12.9. The minimum atomic E-state index is -1.36. The van der Waals surface area contributed by atoms with Gasteiger partial charge < -0.3 is 31.5 Å². The van der Waals surface area contributed by atoms with Crippen molar-refractivity contribution in [1.82, 2.24) is 21.4 Å². The van der Waals surface area contributed by atoms with Crippen LogP contribution in [0.2, 0.25) is 0 Å². The largest absolute Gasteiger partial charge is 0.480 e. The van der Waals surface area contributed by atoms with Crippen LogP contribution >= 0.6 is 0 Å². The quantitative estimate of drug-likeness (QED) is 0.0408. The van der Waals surface area contributed by atoms with Crippen molar-refractivity contribution in [1.29, 1.82) is 0 Å². The number of hydrogen-bond donors (Lipinski definition) is 6. The molecule has 3 atom stereocenters. The number of carboxylic acids is 1. The summed E-state index contributed by atoms with van der Waals surface area (Å²) in [4.78, 5) is 66.1. The summed E-state index contributed by atoms with van der Waals surface area (Å²) in [7, 11) is 0.